The minimum absolute atomic E-state index is 0.100. The highest BCUT2D eigenvalue weighted by Crippen LogP contribution is 2.38. The Balaban J connectivity index is 1.61. The number of fused-ring (bicyclic) bond motifs is 1. The average Bonchev–Trinajstić information content (AvgIpc) is 3.08. The first-order valence-electron chi connectivity index (χ1n) is 9.59. The van der Waals surface area contributed by atoms with Gasteiger partial charge in [0.05, 0.1) is 11.3 Å². The molecule has 0 radical (unpaired) electrons. The quantitative estimate of drug-likeness (QED) is 0.462. The number of carbonyl (C=O) groups is 2. The maximum atomic E-state index is 12.7. The molecule has 9 heteroatoms. The van der Waals surface area contributed by atoms with Gasteiger partial charge in [-0.3, -0.25) is 4.79 Å². The summed E-state index contributed by atoms with van der Waals surface area (Å²) in [5, 5.41) is 10.1. The molecule has 7 nitrogen and oxygen atoms in total. The molecular formula is C21H20ClN3O4S. The third-order valence-electron chi connectivity index (χ3n) is 5.29. The maximum Gasteiger partial charge on any atom is 0.349 e. The number of aryl methyl sites for hydroxylation is 1. The molecule has 4 rings (SSSR count). The maximum absolute atomic E-state index is 12.7. The van der Waals surface area contributed by atoms with Crippen molar-refractivity contribution in [1.29, 1.82) is 0 Å². The molecule has 0 spiro atoms. The molecule has 0 saturated carbocycles. The van der Waals surface area contributed by atoms with Crippen molar-refractivity contribution in [2.24, 2.45) is 5.92 Å². The number of carboxylic acids is 1. The van der Waals surface area contributed by atoms with Crippen LogP contribution in [0, 0.1) is 12.8 Å². The zero-order valence-corrected chi connectivity index (χ0v) is 17.9. The third-order valence-corrected chi connectivity index (χ3v) is 6.62. The topological polar surface area (TPSA) is 92.6 Å². The normalized spacial score (nSPS) is 14.8. The van der Waals surface area contributed by atoms with Crippen LogP contribution in [0.4, 0.5) is 5.82 Å². The van der Waals surface area contributed by atoms with Gasteiger partial charge in [0.15, 0.2) is 0 Å². The summed E-state index contributed by atoms with van der Waals surface area (Å²) in [6.07, 6.45) is 1.07. The number of ether oxygens (including phenoxy) is 1. The van der Waals surface area contributed by atoms with Crippen LogP contribution >= 0.6 is 22.9 Å². The molecule has 1 aliphatic heterocycles. The van der Waals surface area contributed by atoms with E-state index in [1.165, 1.54) is 11.3 Å². The van der Waals surface area contributed by atoms with E-state index in [-0.39, 0.29) is 17.8 Å². The highest BCUT2D eigenvalue weighted by molar-refractivity contribution is 7.20. The van der Waals surface area contributed by atoms with Gasteiger partial charge in [-0.25, -0.2) is 9.78 Å². The van der Waals surface area contributed by atoms with Gasteiger partial charge < -0.3 is 14.7 Å². The molecule has 156 valence electrons. The lowest BCUT2D eigenvalue weighted by Crippen LogP contribution is -2.37. The largest absolute Gasteiger partial charge is 0.481 e. The number of thiophene rings is 1. The first-order valence-corrected chi connectivity index (χ1v) is 10.8. The molecule has 0 atom stereocenters. The highest BCUT2D eigenvalue weighted by Gasteiger charge is 2.29. The number of halogens is 1. The van der Waals surface area contributed by atoms with Crippen LogP contribution < -0.4 is 4.90 Å². The second kappa shape index (κ2) is 8.57. The van der Waals surface area contributed by atoms with Crippen molar-refractivity contribution in [3.63, 3.8) is 0 Å². The SMILES string of the molecule is Cc1c(C(=O)OCc2ccccc2)sc2nc(Cl)nc(N3CCC(C(=O)O)CC3)c12. The Hall–Kier alpha value is -2.71. The fraction of sp³-hybridized carbons (Fsp3) is 0.333. The van der Waals surface area contributed by atoms with Crippen molar-refractivity contribution >= 4 is 50.9 Å². The van der Waals surface area contributed by atoms with Gasteiger partial charge in [0, 0.05) is 13.1 Å². The van der Waals surface area contributed by atoms with Gasteiger partial charge in [0.25, 0.3) is 0 Å². The van der Waals surface area contributed by atoms with E-state index in [2.05, 4.69) is 9.97 Å². The van der Waals surface area contributed by atoms with Gasteiger partial charge in [0.1, 0.15) is 22.1 Å². The summed E-state index contributed by atoms with van der Waals surface area (Å²) < 4.78 is 5.49. The Kier molecular flexibility index (Phi) is 5.87. The number of piperidine rings is 1. The van der Waals surface area contributed by atoms with E-state index < -0.39 is 11.9 Å². The van der Waals surface area contributed by atoms with Gasteiger partial charge in [-0.1, -0.05) is 30.3 Å². The summed E-state index contributed by atoms with van der Waals surface area (Å²) in [5.74, 6) is -0.882. The number of hydrogen-bond acceptors (Lipinski definition) is 7. The first-order chi connectivity index (χ1) is 14.4. The number of carboxylic acid groups (broad SMARTS) is 1. The Morgan fingerprint density at radius 1 is 1.23 bits per heavy atom. The molecule has 1 aliphatic rings. The fourth-order valence-corrected chi connectivity index (χ4v) is 4.93. The lowest BCUT2D eigenvalue weighted by molar-refractivity contribution is -0.142. The number of carbonyl (C=O) groups excluding carboxylic acids is 1. The predicted octanol–water partition coefficient (Wildman–Crippen LogP) is 4.31. The van der Waals surface area contributed by atoms with Crippen molar-refractivity contribution in [2.75, 3.05) is 18.0 Å². The summed E-state index contributed by atoms with van der Waals surface area (Å²) >= 11 is 7.39. The Morgan fingerprint density at radius 2 is 1.93 bits per heavy atom. The molecule has 0 unspecified atom stereocenters. The molecule has 3 heterocycles. The standard InChI is InChI=1S/C21H20ClN3O4S/c1-12-15-17(25-9-7-14(8-10-25)19(26)27)23-21(22)24-18(15)30-16(12)20(28)29-11-13-5-3-2-4-6-13/h2-6,14H,7-11H2,1H3,(H,26,27). The second-order valence-corrected chi connectivity index (χ2v) is 8.55. The number of nitrogens with zero attached hydrogens (tertiary/aromatic N) is 3. The molecule has 1 N–H and O–H groups in total. The zero-order valence-electron chi connectivity index (χ0n) is 16.3. The van der Waals surface area contributed by atoms with Crippen LogP contribution in [0.1, 0.15) is 33.6 Å². The molecule has 2 aromatic heterocycles. The molecule has 1 fully saturated rings. The number of hydrogen-bond donors (Lipinski definition) is 1. The monoisotopic (exact) mass is 445 g/mol. The molecule has 3 aromatic rings. The Morgan fingerprint density at radius 3 is 2.60 bits per heavy atom. The molecule has 0 amide bonds. The van der Waals surface area contributed by atoms with Gasteiger partial charge in [-0.15, -0.1) is 11.3 Å². The second-order valence-electron chi connectivity index (χ2n) is 7.21. The van der Waals surface area contributed by atoms with Crippen molar-refractivity contribution in [3.05, 3.63) is 51.6 Å². The van der Waals surface area contributed by atoms with Crippen molar-refractivity contribution < 1.29 is 19.4 Å². The van der Waals surface area contributed by atoms with E-state index in [0.29, 0.717) is 41.5 Å². The van der Waals surface area contributed by atoms with Crippen molar-refractivity contribution in [2.45, 2.75) is 26.4 Å². The van der Waals surface area contributed by atoms with Gasteiger partial charge in [0.2, 0.25) is 5.28 Å². The molecule has 30 heavy (non-hydrogen) atoms. The minimum Gasteiger partial charge on any atom is -0.481 e. The van der Waals surface area contributed by atoms with Gasteiger partial charge >= 0.3 is 11.9 Å². The zero-order chi connectivity index (χ0) is 21.3. The number of esters is 1. The van der Waals surface area contributed by atoms with Crippen LogP contribution in [0.15, 0.2) is 30.3 Å². The lowest BCUT2D eigenvalue weighted by Gasteiger charge is -2.31. The van der Waals surface area contributed by atoms with E-state index in [4.69, 9.17) is 16.3 Å². The fourth-order valence-electron chi connectivity index (χ4n) is 3.64. The summed E-state index contributed by atoms with van der Waals surface area (Å²) in [5.41, 5.74) is 1.66. The number of anilines is 1. The molecule has 0 aliphatic carbocycles. The average molecular weight is 446 g/mol. The number of rotatable bonds is 5. The summed E-state index contributed by atoms with van der Waals surface area (Å²) in [4.78, 5) is 35.8. The van der Waals surface area contributed by atoms with Crippen LogP contribution in [0.25, 0.3) is 10.2 Å². The third kappa shape index (κ3) is 4.11. The smallest absolute Gasteiger partial charge is 0.349 e. The number of aliphatic carboxylic acids is 1. The summed E-state index contributed by atoms with van der Waals surface area (Å²) in [6.45, 7) is 3.16. The Bertz CT molecular complexity index is 1090. The Labute approximate surface area is 182 Å². The van der Waals surface area contributed by atoms with Crippen LogP contribution in [0.2, 0.25) is 5.28 Å². The van der Waals surface area contributed by atoms with Crippen LogP contribution in [-0.2, 0) is 16.1 Å². The first kappa shape index (κ1) is 20.6. The van der Waals surface area contributed by atoms with E-state index in [1.807, 2.05) is 42.2 Å². The van der Waals surface area contributed by atoms with E-state index in [9.17, 15) is 14.7 Å². The van der Waals surface area contributed by atoms with Crippen LogP contribution in [0.3, 0.4) is 0 Å². The van der Waals surface area contributed by atoms with Gasteiger partial charge in [-0.05, 0) is 42.5 Å². The van der Waals surface area contributed by atoms with Crippen molar-refractivity contribution in [1.82, 2.24) is 9.97 Å². The van der Waals surface area contributed by atoms with Gasteiger partial charge in [-0.2, -0.15) is 4.98 Å². The van der Waals surface area contributed by atoms with E-state index in [1.54, 1.807) is 0 Å². The number of benzene rings is 1. The molecule has 1 saturated heterocycles. The number of aromatic nitrogens is 2. The molecule has 1 aromatic carbocycles. The highest BCUT2D eigenvalue weighted by atomic mass is 35.5. The van der Waals surface area contributed by atoms with E-state index >= 15 is 0 Å². The van der Waals surface area contributed by atoms with E-state index in [0.717, 1.165) is 16.5 Å². The molecule has 0 bridgehead atoms. The summed E-state index contributed by atoms with van der Waals surface area (Å²) in [7, 11) is 0. The van der Waals surface area contributed by atoms with Crippen LogP contribution in [0.5, 0.6) is 0 Å². The molecular weight excluding hydrogens is 426 g/mol. The minimum atomic E-state index is -0.768. The lowest BCUT2D eigenvalue weighted by atomic mass is 9.97. The summed E-state index contributed by atoms with van der Waals surface area (Å²) in [6, 6.07) is 9.49. The van der Waals surface area contributed by atoms with Crippen molar-refractivity contribution in [3.8, 4) is 0 Å². The van der Waals surface area contributed by atoms with Crippen LogP contribution in [-0.4, -0.2) is 40.1 Å². The predicted molar refractivity (Wildman–Crippen MR) is 115 cm³/mol.